The average molecular weight is 458 g/mol. The topological polar surface area (TPSA) is 83.5 Å². The van der Waals surface area contributed by atoms with E-state index in [1.807, 2.05) is 6.92 Å². The third-order valence-corrected chi connectivity index (χ3v) is 6.04. The molecule has 0 aliphatic rings. The maximum Gasteiger partial charge on any atom is 1.00 e. The van der Waals surface area contributed by atoms with Crippen molar-refractivity contribution in [2.75, 3.05) is 52.3 Å². The Kier molecular flexibility index (Phi) is 32.3. The molecule has 0 aliphatic carbocycles. The maximum atomic E-state index is 11.5. The Morgan fingerprint density at radius 2 is 1.07 bits per heavy atom. The van der Waals surface area contributed by atoms with E-state index in [1.54, 1.807) is 33.6 Å². The van der Waals surface area contributed by atoms with Gasteiger partial charge in [-0.05, 0) is 39.2 Å². The molecule has 0 aromatic heterocycles. The monoisotopic (exact) mass is 458 g/mol. The van der Waals surface area contributed by atoms with Crippen molar-refractivity contribution >= 4 is 21.9 Å². The molecule has 0 spiro atoms. The third-order valence-electron chi connectivity index (χ3n) is 3.01. The molecule has 0 aromatic carbocycles. The van der Waals surface area contributed by atoms with Crippen LogP contribution in [-0.2, 0) is 18.2 Å². The van der Waals surface area contributed by atoms with Gasteiger partial charge in [0.25, 0.3) is 0 Å². The van der Waals surface area contributed by atoms with Crippen LogP contribution in [0, 0.1) is 0 Å². The fraction of sp³-hybridized carbons (Fsp3) is 1.00. The molecule has 0 saturated heterocycles. The Morgan fingerprint density at radius 3 is 1.37 bits per heavy atom. The molecule has 0 N–H and O–H groups in total. The van der Waals surface area contributed by atoms with Gasteiger partial charge in [0.2, 0.25) is 0 Å². The predicted molar refractivity (Wildman–Crippen MR) is 120 cm³/mol. The van der Waals surface area contributed by atoms with E-state index in [4.69, 9.17) is 4.52 Å². The van der Waals surface area contributed by atoms with Gasteiger partial charge in [-0.1, -0.05) is 60.3 Å². The van der Waals surface area contributed by atoms with Crippen molar-refractivity contribution in [1.29, 1.82) is 0 Å². The second-order valence-electron chi connectivity index (χ2n) is 7.15. The quantitative estimate of drug-likeness (QED) is 0.285. The normalized spacial score (nSPS) is 14.6. The summed E-state index contributed by atoms with van der Waals surface area (Å²) in [6.45, 7) is 14.6. The van der Waals surface area contributed by atoms with Crippen LogP contribution in [0.5, 0.6) is 0 Å². The molecular weight excluding hydrogens is 412 g/mol. The molecule has 0 amide bonds. The van der Waals surface area contributed by atoms with Crippen molar-refractivity contribution in [3.05, 3.63) is 0 Å². The summed E-state index contributed by atoms with van der Waals surface area (Å²) in [5, 5.41) is 0. The molecular formula is C18H46NaO5P3. The first kappa shape index (κ1) is 39.1. The van der Waals surface area contributed by atoms with Crippen LogP contribution in [0.25, 0.3) is 0 Å². The molecule has 0 saturated carbocycles. The molecule has 0 rings (SSSR count). The van der Waals surface area contributed by atoms with Gasteiger partial charge in [0.1, 0.15) is 0 Å². The summed E-state index contributed by atoms with van der Waals surface area (Å²) in [5.74, 6) is 0. The molecule has 0 aromatic rings. The van der Waals surface area contributed by atoms with Crippen LogP contribution in [0.4, 0.5) is 0 Å². The van der Waals surface area contributed by atoms with E-state index in [0.717, 1.165) is 6.42 Å². The van der Waals surface area contributed by atoms with E-state index in [-0.39, 0.29) is 43.1 Å². The summed E-state index contributed by atoms with van der Waals surface area (Å²) >= 11 is 0. The van der Waals surface area contributed by atoms with Crippen molar-refractivity contribution in [1.82, 2.24) is 0 Å². The Labute approximate surface area is 192 Å². The molecule has 9 heteroatoms. The van der Waals surface area contributed by atoms with Crippen molar-refractivity contribution in [2.45, 2.75) is 66.7 Å². The SMILES string of the molecule is C.CCCCCCCCOP(C)(=O)CC.CCP(C)(=O)[O-].CP(C)(C)=O.[Na+]. The predicted octanol–water partition coefficient (Wildman–Crippen LogP) is 3.44. The molecule has 0 aliphatic heterocycles. The van der Waals surface area contributed by atoms with Gasteiger partial charge >= 0.3 is 29.6 Å². The Hall–Kier alpha value is 1.61. The van der Waals surface area contributed by atoms with Crippen LogP contribution >= 0.6 is 21.9 Å². The zero-order valence-electron chi connectivity index (χ0n) is 18.7. The average Bonchev–Trinajstić information content (AvgIpc) is 2.44. The van der Waals surface area contributed by atoms with Crippen LogP contribution in [0.2, 0.25) is 0 Å². The largest absolute Gasteiger partial charge is 1.00 e. The molecule has 2 atom stereocenters. The van der Waals surface area contributed by atoms with Gasteiger partial charge in [-0.3, -0.25) is 4.57 Å². The standard InChI is InChI=1S/C11H25O2P.C3H9O2P.C3H9OP.CH4.Na/c1-4-6-7-8-9-10-11-13-14(3,12)5-2;1-3-6(2,4)5;1-5(2,3)4;;/h4-11H2,1-3H3;3H2,1-2H3,(H,4,5);1-3H3;1H4;/q;;;;+1/p-1. The zero-order valence-corrected chi connectivity index (χ0v) is 23.4. The summed E-state index contributed by atoms with van der Waals surface area (Å²) in [5.41, 5.74) is 0. The Bertz CT molecular complexity index is 424. The summed E-state index contributed by atoms with van der Waals surface area (Å²) in [6.07, 6.45) is 8.44. The summed E-state index contributed by atoms with van der Waals surface area (Å²) in [7, 11) is -6.77. The van der Waals surface area contributed by atoms with Crippen LogP contribution in [0.1, 0.15) is 66.7 Å². The first-order valence-corrected chi connectivity index (χ1v) is 16.8. The van der Waals surface area contributed by atoms with Gasteiger partial charge in [0, 0.05) is 20.2 Å². The minimum absolute atomic E-state index is 0. The molecule has 5 nitrogen and oxygen atoms in total. The van der Waals surface area contributed by atoms with Crippen LogP contribution < -0.4 is 34.5 Å². The van der Waals surface area contributed by atoms with Gasteiger partial charge in [-0.25, -0.2) is 0 Å². The fourth-order valence-corrected chi connectivity index (χ4v) is 1.93. The number of unbranched alkanes of at least 4 members (excludes halogenated alkanes) is 5. The summed E-state index contributed by atoms with van der Waals surface area (Å²) in [4.78, 5) is 10.0. The molecule has 0 radical (unpaired) electrons. The Morgan fingerprint density at radius 1 is 0.741 bits per heavy atom. The fourth-order valence-electron chi connectivity index (χ4n) is 1.23. The van der Waals surface area contributed by atoms with Crippen LogP contribution in [-0.4, -0.2) is 52.3 Å². The van der Waals surface area contributed by atoms with Gasteiger partial charge < -0.3 is 18.5 Å². The van der Waals surface area contributed by atoms with Crippen molar-refractivity contribution in [3.63, 3.8) is 0 Å². The minimum atomic E-state index is -2.90. The summed E-state index contributed by atoms with van der Waals surface area (Å²) < 4.78 is 37.1. The first-order chi connectivity index (χ1) is 11.2. The number of rotatable bonds is 10. The van der Waals surface area contributed by atoms with Gasteiger partial charge in [-0.2, -0.15) is 0 Å². The van der Waals surface area contributed by atoms with E-state index < -0.39 is 21.9 Å². The number of hydrogen-bond acceptors (Lipinski definition) is 5. The first-order valence-electron chi connectivity index (χ1n) is 9.19. The number of hydrogen-bond donors (Lipinski definition) is 0. The molecule has 0 heterocycles. The molecule has 2 unspecified atom stereocenters. The van der Waals surface area contributed by atoms with Gasteiger partial charge in [0.05, 0.1) is 13.7 Å². The maximum absolute atomic E-state index is 11.5. The van der Waals surface area contributed by atoms with Crippen molar-refractivity contribution in [3.8, 4) is 0 Å². The van der Waals surface area contributed by atoms with Crippen molar-refractivity contribution < 1.29 is 52.7 Å². The molecule has 0 bridgehead atoms. The Balaban J connectivity index is -0.000000104. The third kappa shape index (κ3) is 58.4. The van der Waals surface area contributed by atoms with Gasteiger partial charge in [0.15, 0.2) is 7.37 Å². The minimum Gasteiger partial charge on any atom is -0.799 e. The molecule has 164 valence electrons. The molecule has 0 fully saturated rings. The van der Waals surface area contributed by atoms with E-state index in [2.05, 4.69) is 6.92 Å². The second-order valence-corrected chi connectivity index (χ2v) is 16.5. The zero-order chi connectivity index (χ0) is 20.6. The molecule has 27 heavy (non-hydrogen) atoms. The van der Waals surface area contributed by atoms with Crippen LogP contribution in [0.3, 0.4) is 0 Å². The van der Waals surface area contributed by atoms with E-state index in [9.17, 15) is 18.6 Å². The van der Waals surface area contributed by atoms with Crippen molar-refractivity contribution in [2.24, 2.45) is 0 Å². The smallest absolute Gasteiger partial charge is 0.799 e. The van der Waals surface area contributed by atoms with Gasteiger partial charge in [-0.15, -0.1) is 0 Å². The van der Waals surface area contributed by atoms with E-state index in [0.29, 0.717) is 12.8 Å². The second kappa shape index (κ2) is 22.3. The van der Waals surface area contributed by atoms with Crippen LogP contribution in [0.15, 0.2) is 0 Å². The summed E-state index contributed by atoms with van der Waals surface area (Å²) in [6, 6.07) is 0. The van der Waals surface area contributed by atoms with E-state index in [1.165, 1.54) is 38.8 Å². The van der Waals surface area contributed by atoms with E-state index >= 15 is 0 Å².